The Labute approximate surface area is 225 Å². The molecule has 4 aliphatic rings. The molecule has 38 heavy (non-hydrogen) atoms. The van der Waals surface area contributed by atoms with Crippen molar-refractivity contribution in [3.8, 4) is 0 Å². The van der Waals surface area contributed by atoms with Gasteiger partial charge >= 0.3 is 0 Å². The molecule has 3 saturated heterocycles. The highest BCUT2D eigenvalue weighted by Crippen LogP contribution is 2.58. The van der Waals surface area contributed by atoms with Crippen LogP contribution in [0.2, 0.25) is 0 Å². The van der Waals surface area contributed by atoms with Crippen LogP contribution in [-0.2, 0) is 14.2 Å². The molecule has 8 nitrogen and oxygen atoms in total. The molecule has 6 rings (SSSR count). The molecule has 2 aromatic rings. The fraction of sp³-hybridized carbons (Fsp3) is 0.633. The summed E-state index contributed by atoms with van der Waals surface area (Å²) >= 11 is 0. The Kier molecular flexibility index (Phi) is 5.73. The van der Waals surface area contributed by atoms with E-state index < -0.39 is 17.0 Å². The molecule has 1 amide bonds. The third-order valence-electron chi connectivity index (χ3n) is 8.85. The highest BCUT2D eigenvalue weighted by molar-refractivity contribution is 6.03. The molecule has 3 aliphatic heterocycles. The van der Waals surface area contributed by atoms with Crippen LogP contribution >= 0.6 is 0 Å². The van der Waals surface area contributed by atoms with E-state index in [2.05, 4.69) is 55.1 Å². The van der Waals surface area contributed by atoms with E-state index in [0.29, 0.717) is 5.82 Å². The molecule has 0 aromatic carbocycles. The molecule has 0 saturated carbocycles. The van der Waals surface area contributed by atoms with Gasteiger partial charge in [0.1, 0.15) is 12.2 Å². The van der Waals surface area contributed by atoms with E-state index in [4.69, 9.17) is 19.2 Å². The highest BCUT2D eigenvalue weighted by atomic mass is 16.8. The largest absolute Gasteiger partial charge is 0.363 e. The third kappa shape index (κ3) is 4.40. The maximum Gasteiger partial charge on any atom is 0.291 e. The molecule has 0 radical (unpaired) electrons. The number of rotatable bonds is 4. The van der Waals surface area contributed by atoms with E-state index in [9.17, 15) is 4.79 Å². The minimum atomic E-state index is -0.604. The maximum absolute atomic E-state index is 13.0. The van der Waals surface area contributed by atoms with Crippen LogP contribution in [-0.4, -0.2) is 50.1 Å². The number of nitrogens with one attached hydrogen (secondary N) is 2. The minimum Gasteiger partial charge on any atom is -0.363 e. The Morgan fingerprint density at radius 1 is 1.05 bits per heavy atom. The van der Waals surface area contributed by atoms with Crippen molar-refractivity contribution in [1.82, 2.24) is 15.0 Å². The van der Waals surface area contributed by atoms with Crippen LogP contribution in [0.5, 0.6) is 0 Å². The quantitative estimate of drug-likeness (QED) is 0.521. The first-order valence-electron chi connectivity index (χ1n) is 13.9. The highest BCUT2D eigenvalue weighted by Gasteiger charge is 2.68. The number of nitrogens with zero attached hydrogens (tertiary/aromatic N) is 2. The predicted molar refractivity (Wildman–Crippen MR) is 145 cm³/mol. The van der Waals surface area contributed by atoms with E-state index in [0.717, 1.165) is 54.9 Å². The Balaban J connectivity index is 1.33. The number of H-pyrrole nitrogens is 1. The van der Waals surface area contributed by atoms with Gasteiger partial charge in [-0.15, -0.1) is 0 Å². The van der Waals surface area contributed by atoms with E-state index in [-0.39, 0.29) is 29.4 Å². The SMILES string of the molecule is Cc1cnc(C(=O)Nc2ccc(C3C[C@@]4(C)O[C@@](C)(C3)[C@@H]3OC(C)(C)O[C@@H]34)nc2C2=CCC(C)(C)CC2)[nH]1. The van der Waals surface area contributed by atoms with E-state index in [1.165, 1.54) is 5.57 Å². The Bertz CT molecular complexity index is 1290. The van der Waals surface area contributed by atoms with E-state index >= 15 is 0 Å². The summed E-state index contributed by atoms with van der Waals surface area (Å²) in [4.78, 5) is 25.5. The number of anilines is 1. The first kappa shape index (κ1) is 25.7. The molecule has 8 heteroatoms. The fourth-order valence-electron chi connectivity index (χ4n) is 6.93. The predicted octanol–water partition coefficient (Wildman–Crippen LogP) is 5.90. The lowest BCUT2D eigenvalue weighted by molar-refractivity contribution is -0.242. The number of aromatic nitrogens is 3. The molecule has 2 aromatic heterocycles. The smallest absolute Gasteiger partial charge is 0.291 e. The zero-order chi connectivity index (χ0) is 27.1. The zero-order valence-electron chi connectivity index (χ0n) is 23.6. The van der Waals surface area contributed by atoms with Crippen molar-refractivity contribution in [2.75, 3.05) is 5.32 Å². The van der Waals surface area contributed by atoms with Crippen LogP contribution in [0.3, 0.4) is 0 Å². The number of pyridine rings is 1. The van der Waals surface area contributed by atoms with Crippen LogP contribution in [0, 0.1) is 12.3 Å². The Hall–Kier alpha value is -2.55. The molecule has 1 aliphatic carbocycles. The molecule has 204 valence electrons. The fourth-order valence-corrected chi connectivity index (χ4v) is 6.93. The number of aryl methyl sites for hydroxylation is 1. The number of carbonyl (C=O) groups excluding carboxylic acids is 1. The average molecular weight is 521 g/mol. The molecular formula is C30H40N4O4. The van der Waals surface area contributed by atoms with Crippen LogP contribution in [0.25, 0.3) is 5.57 Å². The molecule has 0 spiro atoms. The summed E-state index contributed by atoms with van der Waals surface area (Å²) in [5.74, 6) is -0.378. The number of ether oxygens (including phenoxy) is 3. The number of imidazole rings is 1. The summed E-state index contributed by atoms with van der Waals surface area (Å²) in [5, 5.41) is 3.07. The molecule has 3 fully saturated rings. The summed E-state index contributed by atoms with van der Waals surface area (Å²) in [6, 6.07) is 4.06. The van der Waals surface area contributed by atoms with Crippen molar-refractivity contribution in [3.63, 3.8) is 0 Å². The number of aromatic amines is 1. The van der Waals surface area contributed by atoms with Gasteiger partial charge in [0.2, 0.25) is 0 Å². The zero-order valence-corrected chi connectivity index (χ0v) is 23.6. The van der Waals surface area contributed by atoms with Crippen molar-refractivity contribution < 1.29 is 19.0 Å². The molecule has 1 unspecified atom stereocenters. The Morgan fingerprint density at radius 2 is 1.74 bits per heavy atom. The molecule has 2 bridgehead atoms. The second-order valence-electron chi connectivity index (χ2n) is 13.4. The number of fused-ring (bicyclic) bond motifs is 5. The van der Waals surface area contributed by atoms with Gasteiger partial charge in [0.25, 0.3) is 5.91 Å². The standard InChI is InChI=1S/C30H40N4O4/c1-17-16-31-25(32-17)26(35)34-21-9-8-20(33-22(21)18-10-12-27(2,3)13-11-18)19-14-29(6)23-24(30(7,15-19)38-29)37-28(4,5)36-23/h8-10,16,19,23-24H,11-15H2,1-7H3,(H,31,32)(H,34,35)/t19?,23-,24+,29+,30-. The Morgan fingerprint density at radius 3 is 2.32 bits per heavy atom. The summed E-state index contributed by atoms with van der Waals surface area (Å²) in [7, 11) is 0. The number of hydrogen-bond acceptors (Lipinski definition) is 6. The summed E-state index contributed by atoms with van der Waals surface area (Å²) in [6.07, 6.45) is 8.35. The van der Waals surface area contributed by atoms with Crippen LogP contribution < -0.4 is 5.32 Å². The number of allylic oxidation sites excluding steroid dienone is 2. The maximum atomic E-state index is 13.0. The van der Waals surface area contributed by atoms with E-state index in [1.54, 1.807) is 6.20 Å². The van der Waals surface area contributed by atoms with Crippen LogP contribution in [0.4, 0.5) is 5.69 Å². The van der Waals surface area contributed by atoms with Gasteiger partial charge in [-0.3, -0.25) is 9.78 Å². The van der Waals surface area contributed by atoms with Gasteiger partial charge in [-0.05, 0) is 89.8 Å². The van der Waals surface area contributed by atoms with Gasteiger partial charge in [-0.1, -0.05) is 19.9 Å². The monoisotopic (exact) mass is 520 g/mol. The first-order valence-corrected chi connectivity index (χ1v) is 13.9. The molecule has 5 atom stereocenters. The van der Waals surface area contributed by atoms with Crippen molar-refractivity contribution >= 4 is 17.2 Å². The van der Waals surface area contributed by atoms with Gasteiger partial charge in [0.05, 0.1) is 22.6 Å². The normalized spacial score (nSPS) is 35.0. The minimum absolute atomic E-state index is 0.106. The number of carbonyl (C=O) groups is 1. The third-order valence-corrected chi connectivity index (χ3v) is 8.85. The van der Waals surface area contributed by atoms with Crippen molar-refractivity contribution in [2.24, 2.45) is 5.41 Å². The lowest BCUT2D eigenvalue weighted by atomic mass is 9.77. The van der Waals surface area contributed by atoms with Crippen LogP contribution in [0.1, 0.15) is 107 Å². The van der Waals surface area contributed by atoms with Gasteiger partial charge in [-0.2, -0.15) is 0 Å². The number of amides is 1. The van der Waals surface area contributed by atoms with Gasteiger partial charge in [0.15, 0.2) is 11.6 Å². The van der Waals surface area contributed by atoms with Crippen molar-refractivity contribution in [3.05, 3.63) is 47.3 Å². The average Bonchev–Trinajstić information content (AvgIpc) is 3.45. The first-order chi connectivity index (χ1) is 17.8. The van der Waals surface area contributed by atoms with Gasteiger partial charge < -0.3 is 24.5 Å². The molecular weight excluding hydrogens is 480 g/mol. The van der Waals surface area contributed by atoms with Crippen molar-refractivity contribution in [1.29, 1.82) is 0 Å². The number of hydrogen-bond donors (Lipinski definition) is 2. The molecule has 5 heterocycles. The lowest BCUT2D eigenvalue weighted by Crippen LogP contribution is -2.46. The van der Waals surface area contributed by atoms with E-state index in [1.807, 2.05) is 26.8 Å². The second kappa shape index (κ2) is 8.47. The topological polar surface area (TPSA) is 98.4 Å². The summed E-state index contributed by atoms with van der Waals surface area (Å²) in [5.41, 5.74) is 4.01. The summed E-state index contributed by atoms with van der Waals surface area (Å²) in [6.45, 7) is 14.7. The van der Waals surface area contributed by atoms with Gasteiger partial charge in [-0.25, -0.2) is 4.98 Å². The van der Waals surface area contributed by atoms with Gasteiger partial charge in [0, 0.05) is 23.5 Å². The van der Waals surface area contributed by atoms with Crippen molar-refractivity contribution in [2.45, 2.75) is 116 Å². The molecule has 2 N–H and O–H groups in total. The lowest BCUT2D eigenvalue weighted by Gasteiger charge is -2.43. The van der Waals surface area contributed by atoms with Crippen LogP contribution in [0.15, 0.2) is 24.4 Å². The second-order valence-corrected chi connectivity index (χ2v) is 13.4. The summed E-state index contributed by atoms with van der Waals surface area (Å²) < 4.78 is 19.3.